The molecule has 0 saturated carbocycles. The number of rotatable bonds is 2. The predicted octanol–water partition coefficient (Wildman–Crippen LogP) is 0.733. The fourth-order valence-corrected chi connectivity index (χ4v) is 2.21. The second kappa shape index (κ2) is 5.07. The Morgan fingerprint density at radius 1 is 0.833 bits per heavy atom. The van der Waals surface area contributed by atoms with E-state index in [1.165, 1.54) is 0 Å². The molecule has 0 atom stereocenters. The van der Waals surface area contributed by atoms with E-state index in [1.54, 1.807) is 0 Å². The maximum Gasteiger partial charge on any atom is 0.378 e. The zero-order chi connectivity index (χ0) is 14.1. The third-order valence-corrected chi connectivity index (χ3v) is 2.90. The fraction of sp³-hybridized carbons (Fsp3) is 0. The topological polar surface area (TPSA) is 133 Å². The van der Waals surface area contributed by atoms with E-state index in [1.807, 2.05) is 0 Å². The minimum absolute atomic E-state index is 0.334. The van der Waals surface area contributed by atoms with Crippen LogP contribution >= 0.6 is 23.2 Å². The van der Waals surface area contributed by atoms with Crippen LogP contribution in [-0.2, 0) is 20.6 Å². The third kappa shape index (κ3) is 4.84. The van der Waals surface area contributed by atoms with E-state index < -0.39 is 32.0 Å². The fourth-order valence-electron chi connectivity index (χ4n) is 0.914. The van der Waals surface area contributed by atoms with Gasteiger partial charge in [0.05, 0.1) is 21.5 Å². The molecular weight excluding hydrogens is 331 g/mol. The number of hydrogen-bond donors (Lipinski definition) is 2. The molecule has 8 nitrogen and oxygen atoms in total. The Morgan fingerprint density at radius 3 is 1.33 bits per heavy atom. The summed E-state index contributed by atoms with van der Waals surface area (Å²) in [5.74, 6) is 0. The average molecular weight is 335 g/mol. The summed E-state index contributed by atoms with van der Waals surface area (Å²) in [7, 11) is -9.36. The van der Waals surface area contributed by atoms with Gasteiger partial charge in [0.15, 0.2) is 0 Å². The van der Waals surface area contributed by atoms with Crippen molar-refractivity contribution in [2.75, 3.05) is 0 Å². The molecule has 0 aromatic heterocycles. The van der Waals surface area contributed by atoms with Gasteiger partial charge < -0.3 is 0 Å². The van der Waals surface area contributed by atoms with Crippen molar-refractivity contribution in [3.63, 3.8) is 0 Å². The van der Waals surface area contributed by atoms with Crippen LogP contribution in [0.4, 0.5) is 0 Å². The Kier molecular flexibility index (Phi) is 4.30. The van der Waals surface area contributed by atoms with Gasteiger partial charge in [-0.3, -0.25) is 9.11 Å². The molecule has 1 aliphatic carbocycles. The molecular formula is C6H4Cl2N2O6S2. The molecule has 0 amide bonds. The molecule has 0 unspecified atom stereocenters. The van der Waals surface area contributed by atoms with E-state index in [0.29, 0.717) is 0 Å². The monoisotopic (exact) mass is 334 g/mol. The second-order valence-corrected chi connectivity index (χ2v) is 5.80. The first-order chi connectivity index (χ1) is 7.98. The summed E-state index contributed by atoms with van der Waals surface area (Å²) in [6.07, 6.45) is 1.73. The highest BCUT2D eigenvalue weighted by molar-refractivity contribution is 7.84. The smallest absolute Gasteiger partial charge is 0.268 e. The quantitative estimate of drug-likeness (QED) is 0.564. The van der Waals surface area contributed by atoms with Gasteiger partial charge in [0.1, 0.15) is 0 Å². The molecule has 18 heavy (non-hydrogen) atoms. The van der Waals surface area contributed by atoms with Crippen molar-refractivity contribution in [1.82, 2.24) is 0 Å². The van der Waals surface area contributed by atoms with Crippen LogP contribution in [0.5, 0.6) is 0 Å². The Morgan fingerprint density at radius 2 is 1.11 bits per heavy atom. The van der Waals surface area contributed by atoms with E-state index in [4.69, 9.17) is 32.3 Å². The summed E-state index contributed by atoms with van der Waals surface area (Å²) in [5, 5.41) is -0.668. The molecule has 1 rings (SSSR count). The molecule has 0 radical (unpaired) electrons. The van der Waals surface area contributed by atoms with Crippen LogP contribution < -0.4 is 0 Å². The average Bonchev–Trinajstić information content (AvgIpc) is 2.08. The van der Waals surface area contributed by atoms with Gasteiger partial charge in [0, 0.05) is 0 Å². The lowest BCUT2D eigenvalue weighted by Crippen LogP contribution is -2.11. The Balaban J connectivity index is 3.33. The second-order valence-electron chi connectivity index (χ2n) is 2.83. The van der Waals surface area contributed by atoms with Gasteiger partial charge in [-0.2, -0.15) is 16.8 Å². The van der Waals surface area contributed by atoms with Gasteiger partial charge in [-0.05, 0) is 12.2 Å². The Bertz CT molecular complexity index is 638. The molecule has 0 saturated heterocycles. The van der Waals surface area contributed by atoms with Crippen molar-refractivity contribution < 1.29 is 25.9 Å². The minimum Gasteiger partial charge on any atom is -0.268 e. The van der Waals surface area contributed by atoms with Gasteiger partial charge >= 0.3 is 20.6 Å². The third-order valence-electron chi connectivity index (χ3n) is 1.44. The van der Waals surface area contributed by atoms with Crippen LogP contribution in [-0.4, -0.2) is 37.4 Å². The molecule has 0 aromatic rings. The predicted molar refractivity (Wildman–Crippen MR) is 65.8 cm³/mol. The van der Waals surface area contributed by atoms with Crippen molar-refractivity contribution in [1.29, 1.82) is 0 Å². The van der Waals surface area contributed by atoms with Crippen molar-refractivity contribution in [2.45, 2.75) is 0 Å². The maximum atomic E-state index is 10.5. The van der Waals surface area contributed by atoms with Gasteiger partial charge in [-0.1, -0.05) is 23.2 Å². The Hall–Kier alpha value is -0.780. The van der Waals surface area contributed by atoms with Crippen LogP contribution in [0.1, 0.15) is 0 Å². The molecule has 100 valence electrons. The lowest BCUT2D eigenvalue weighted by atomic mass is 10.1. The number of allylic oxidation sites excluding steroid dienone is 4. The molecule has 0 fully saturated rings. The normalized spacial score (nSPS) is 22.0. The van der Waals surface area contributed by atoms with E-state index in [9.17, 15) is 16.8 Å². The molecule has 0 heterocycles. The van der Waals surface area contributed by atoms with Crippen molar-refractivity contribution in [3.05, 3.63) is 22.2 Å². The van der Waals surface area contributed by atoms with Crippen LogP contribution in [0.3, 0.4) is 0 Å². The van der Waals surface area contributed by atoms with Crippen molar-refractivity contribution in [2.24, 2.45) is 8.80 Å². The maximum absolute atomic E-state index is 10.5. The molecule has 1 aliphatic rings. The van der Waals surface area contributed by atoms with Gasteiger partial charge in [0.25, 0.3) is 0 Å². The highest BCUT2D eigenvalue weighted by atomic mass is 35.5. The molecule has 12 heteroatoms. The molecule has 0 bridgehead atoms. The first-order valence-electron chi connectivity index (χ1n) is 3.88. The standard InChI is InChI=1S/C6H4Cl2N2O6S2/c7-3-1-5(9-17(11,12)13)4(8)2-6(3)10-18(14,15)16/h1-2H,(H,11,12,13)(H,14,15,16). The van der Waals surface area contributed by atoms with E-state index in [0.717, 1.165) is 12.2 Å². The van der Waals surface area contributed by atoms with Gasteiger partial charge in [-0.25, -0.2) is 0 Å². The van der Waals surface area contributed by atoms with Crippen LogP contribution in [0.25, 0.3) is 0 Å². The Labute approximate surface area is 112 Å². The highest BCUT2D eigenvalue weighted by Crippen LogP contribution is 2.21. The lowest BCUT2D eigenvalue weighted by Gasteiger charge is -2.08. The van der Waals surface area contributed by atoms with Crippen LogP contribution in [0.15, 0.2) is 31.0 Å². The summed E-state index contributed by atoms with van der Waals surface area (Å²) in [4.78, 5) is 0. The zero-order valence-corrected chi connectivity index (χ0v) is 11.3. The molecule has 0 spiro atoms. The van der Waals surface area contributed by atoms with Crippen molar-refractivity contribution in [3.8, 4) is 0 Å². The van der Waals surface area contributed by atoms with E-state index in [-0.39, 0.29) is 10.1 Å². The zero-order valence-electron chi connectivity index (χ0n) is 8.15. The van der Waals surface area contributed by atoms with Gasteiger partial charge in [0.2, 0.25) is 0 Å². The summed E-state index contributed by atoms with van der Waals surface area (Å²) < 4.78 is 64.7. The van der Waals surface area contributed by atoms with E-state index in [2.05, 4.69) is 8.80 Å². The van der Waals surface area contributed by atoms with E-state index >= 15 is 0 Å². The molecule has 0 aromatic carbocycles. The van der Waals surface area contributed by atoms with Crippen LogP contribution in [0, 0.1) is 0 Å². The summed E-state index contributed by atoms with van der Waals surface area (Å²) in [6.45, 7) is 0. The summed E-state index contributed by atoms with van der Waals surface area (Å²) in [5.41, 5.74) is -0.808. The number of hydrogen-bond acceptors (Lipinski definition) is 4. The highest BCUT2D eigenvalue weighted by Gasteiger charge is 2.18. The van der Waals surface area contributed by atoms with Crippen molar-refractivity contribution >= 4 is 55.2 Å². The largest absolute Gasteiger partial charge is 0.378 e. The SMILES string of the molecule is O=S(=O)(O)N=C1C=C(Cl)C(=NS(=O)(=O)O)C=C1Cl. The van der Waals surface area contributed by atoms with Crippen LogP contribution in [0.2, 0.25) is 0 Å². The number of halogens is 2. The van der Waals surface area contributed by atoms with Gasteiger partial charge in [-0.15, -0.1) is 8.80 Å². The first-order valence-corrected chi connectivity index (χ1v) is 7.43. The lowest BCUT2D eigenvalue weighted by molar-refractivity contribution is 0.483. The minimum atomic E-state index is -4.68. The number of nitrogens with zero attached hydrogens (tertiary/aromatic N) is 2. The molecule has 2 N–H and O–H groups in total. The first kappa shape index (κ1) is 15.3. The summed E-state index contributed by atoms with van der Waals surface area (Å²) >= 11 is 11.1. The molecule has 0 aliphatic heterocycles. The summed E-state index contributed by atoms with van der Waals surface area (Å²) in [6, 6.07) is 0.